The maximum absolute atomic E-state index is 12.4. The lowest BCUT2D eigenvalue weighted by Gasteiger charge is -2.39. The molecule has 20 heavy (non-hydrogen) atoms. The number of aryl methyl sites for hydroxylation is 1. The van der Waals surface area contributed by atoms with Crippen molar-refractivity contribution in [3.05, 3.63) is 23.7 Å². The van der Waals surface area contributed by atoms with E-state index in [0.717, 1.165) is 45.6 Å². The molecule has 5 heteroatoms. The van der Waals surface area contributed by atoms with E-state index in [4.69, 9.17) is 10.2 Å². The molecule has 1 fully saturated rings. The van der Waals surface area contributed by atoms with Gasteiger partial charge in [-0.1, -0.05) is 6.92 Å². The van der Waals surface area contributed by atoms with E-state index in [9.17, 15) is 4.79 Å². The van der Waals surface area contributed by atoms with Crippen molar-refractivity contribution in [3.8, 4) is 0 Å². The summed E-state index contributed by atoms with van der Waals surface area (Å²) in [4.78, 5) is 16.8. The maximum atomic E-state index is 12.4. The lowest BCUT2D eigenvalue weighted by atomic mass is 10.1. The monoisotopic (exact) mass is 279 g/mol. The van der Waals surface area contributed by atoms with Gasteiger partial charge in [0, 0.05) is 32.2 Å². The number of nitrogens with zero attached hydrogens (tertiary/aromatic N) is 2. The summed E-state index contributed by atoms with van der Waals surface area (Å²) in [5, 5.41) is 0. The molecule has 0 saturated carbocycles. The van der Waals surface area contributed by atoms with Crippen LogP contribution >= 0.6 is 0 Å². The molecule has 1 atom stereocenters. The zero-order chi connectivity index (χ0) is 14.5. The molecule has 0 spiro atoms. The lowest BCUT2D eigenvalue weighted by molar-refractivity contribution is 0.0555. The van der Waals surface area contributed by atoms with Crippen LogP contribution in [0.15, 0.2) is 16.7 Å². The number of amides is 1. The molecule has 0 aliphatic carbocycles. The summed E-state index contributed by atoms with van der Waals surface area (Å²) in [6, 6.07) is 2.31. The highest BCUT2D eigenvalue weighted by atomic mass is 16.3. The van der Waals surface area contributed by atoms with Crippen molar-refractivity contribution in [3.63, 3.8) is 0 Å². The van der Waals surface area contributed by atoms with Crippen molar-refractivity contribution in [2.75, 3.05) is 32.7 Å². The van der Waals surface area contributed by atoms with Gasteiger partial charge in [0.05, 0.1) is 11.8 Å². The fourth-order valence-electron chi connectivity index (χ4n) is 2.90. The second kappa shape index (κ2) is 6.90. The number of carbonyl (C=O) groups is 1. The molecule has 1 saturated heterocycles. The van der Waals surface area contributed by atoms with Gasteiger partial charge in [-0.05, 0) is 32.4 Å². The Bertz CT molecular complexity index is 436. The third-order valence-electron chi connectivity index (χ3n) is 4.18. The predicted molar refractivity (Wildman–Crippen MR) is 78.7 cm³/mol. The van der Waals surface area contributed by atoms with Gasteiger partial charge in [0.2, 0.25) is 0 Å². The van der Waals surface area contributed by atoms with Gasteiger partial charge in [-0.3, -0.25) is 9.69 Å². The molecule has 0 bridgehead atoms. The zero-order valence-electron chi connectivity index (χ0n) is 12.5. The van der Waals surface area contributed by atoms with Crippen LogP contribution in [0.3, 0.4) is 0 Å². The van der Waals surface area contributed by atoms with Gasteiger partial charge in [-0.2, -0.15) is 0 Å². The van der Waals surface area contributed by atoms with Crippen molar-refractivity contribution in [1.82, 2.24) is 9.80 Å². The Morgan fingerprint density at radius 2 is 2.10 bits per heavy atom. The van der Waals surface area contributed by atoms with Gasteiger partial charge < -0.3 is 15.1 Å². The van der Waals surface area contributed by atoms with Gasteiger partial charge in [0.25, 0.3) is 5.91 Å². The molecule has 1 aliphatic rings. The van der Waals surface area contributed by atoms with Crippen LogP contribution in [-0.2, 0) is 0 Å². The summed E-state index contributed by atoms with van der Waals surface area (Å²) in [7, 11) is 0. The lowest BCUT2D eigenvalue weighted by Crippen LogP contribution is -2.52. The summed E-state index contributed by atoms with van der Waals surface area (Å²) < 4.78 is 5.21. The smallest absolute Gasteiger partial charge is 0.257 e. The van der Waals surface area contributed by atoms with Crippen LogP contribution in [0.25, 0.3) is 0 Å². The van der Waals surface area contributed by atoms with Gasteiger partial charge >= 0.3 is 0 Å². The molecule has 2 rings (SSSR count). The molecule has 1 amide bonds. The van der Waals surface area contributed by atoms with Gasteiger partial charge in [0.15, 0.2) is 0 Å². The molecule has 1 aromatic heterocycles. The van der Waals surface area contributed by atoms with E-state index in [1.165, 1.54) is 0 Å². The highest BCUT2D eigenvalue weighted by molar-refractivity contribution is 5.95. The first-order valence-electron chi connectivity index (χ1n) is 7.44. The molecular formula is C15H25N3O2. The molecular weight excluding hydrogens is 254 g/mol. The molecule has 2 N–H and O–H groups in total. The average molecular weight is 279 g/mol. The van der Waals surface area contributed by atoms with Crippen LogP contribution in [0.1, 0.15) is 35.9 Å². The van der Waals surface area contributed by atoms with Crippen LogP contribution in [-0.4, -0.2) is 54.5 Å². The van der Waals surface area contributed by atoms with Crippen molar-refractivity contribution in [1.29, 1.82) is 0 Å². The van der Waals surface area contributed by atoms with Crippen LogP contribution < -0.4 is 5.73 Å². The fourth-order valence-corrected chi connectivity index (χ4v) is 2.90. The Kier molecular flexibility index (Phi) is 5.20. The summed E-state index contributed by atoms with van der Waals surface area (Å²) >= 11 is 0. The largest absolute Gasteiger partial charge is 0.469 e. The molecule has 112 valence electrons. The molecule has 1 aliphatic heterocycles. The van der Waals surface area contributed by atoms with Crippen molar-refractivity contribution >= 4 is 5.91 Å². The molecule has 0 aromatic carbocycles. The first-order chi connectivity index (χ1) is 9.67. The second-order valence-electron chi connectivity index (χ2n) is 5.36. The highest BCUT2D eigenvalue weighted by Crippen LogP contribution is 2.16. The normalized spacial score (nSPS) is 18.2. The molecule has 1 aromatic rings. The number of hydrogen-bond donors (Lipinski definition) is 1. The van der Waals surface area contributed by atoms with E-state index in [0.29, 0.717) is 17.4 Å². The third kappa shape index (κ3) is 3.22. The van der Waals surface area contributed by atoms with Crippen LogP contribution in [0.4, 0.5) is 0 Å². The molecule has 0 radical (unpaired) electrons. The topological polar surface area (TPSA) is 62.7 Å². The molecule has 5 nitrogen and oxygen atoms in total. The summed E-state index contributed by atoms with van der Waals surface area (Å²) in [5.74, 6) is 0.787. The molecule has 1 unspecified atom stereocenters. The Balaban J connectivity index is 1.91. The van der Waals surface area contributed by atoms with Gasteiger partial charge in [-0.25, -0.2) is 0 Å². The minimum absolute atomic E-state index is 0.0859. The Labute approximate surface area is 120 Å². The van der Waals surface area contributed by atoms with E-state index in [1.807, 2.05) is 11.8 Å². The summed E-state index contributed by atoms with van der Waals surface area (Å²) in [6.45, 7) is 8.19. The van der Waals surface area contributed by atoms with Crippen LogP contribution in [0, 0.1) is 6.92 Å². The predicted octanol–water partition coefficient (Wildman–Crippen LogP) is 1.47. The number of rotatable bonds is 5. The highest BCUT2D eigenvalue weighted by Gasteiger charge is 2.26. The summed E-state index contributed by atoms with van der Waals surface area (Å²) in [6.07, 6.45) is 3.73. The maximum Gasteiger partial charge on any atom is 0.257 e. The van der Waals surface area contributed by atoms with Crippen LogP contribution in [0.2, 0.25) is 0 Å². The Hall–Kier alpha value is -1.33. The van der Waals surface area contributed by atoms with E-state index >= 15 is 0 Å². The number of hydrogen-bond acceptors (Lipinski definition) is 4. The quantitative estimate of drug-likeness (QED) is 0.886. The van der Waals surface area contributed by atoms with Crippen molar-refractivity contribution in [2.45, 2.75) is 32.7 Å². The van der Waals surface area contributed by atoms with Crippen molar-refractivity contribution < 1.29 is 9.21 Å². The zero-order valence-corrected chi connectivity index (χ0v) is 12.5. The average Bonchev–Trinajstić information content (AvgIpc) is 2.90. The minimum Gasteiger partial charge on any atom is -0.469 e. The molecule has 2 heterocycles. The summed E-state index contributed by atoms with van der Waals surface area (Å²) in [5.41, 5.74) is 6.35. The Morgan fingerprint density at radius 3 is 2.60 bits per heavy atom. The fraction of sp³-hybridized carbons (Fsp3) is 0.667. The van der Waals surface area contributed by atoms with E-state index in [-0.39, 0.29) is 5.91 Å². The van der Waals surface area contributed by atoms with Crippen molar-refractivity contribution in [2.24, 2.45) is 5.73 Å². The first kappa shape index (κ1) is 15.1. The van der Waals surface area contributed by atoms with E-state index in [2.05, 4.69) is 11.8 Å². The minimum atomic E-state index is 0.0859. The Morgan fingerprint density at radius 1 is 1.40 bits per heavy atom. The number of furan rings is 1. The van der Waals surface area contributed by atoms with Gasteiger partial charge in [-0.15, -0.1) is 0 Å². The van der Waals surface area contributed by atoms with Crippen LogP contribution in [0.5, 0.6) is 0 Å². The number of piperazine rings is 1. The number of nitrogens with two attached hydrogens (primary N) is 1. The third-order valence-corrected chi connectivity index (χ3v) is 4.18. The van der Waals surface area contributed by atoms with E-state index in [1.54, 1.807) is 12.3 Å². The number of carbonyl (C=O) groups excluding carboxylic acids is 1. The SMILES string of the molecule is CCC(CCN)N1CCN(C(=O)c2ccoc2C)CC1. The van der Waals surface area contributed by atoms with Gasteiger partial charge in [0.1, 0.15) is 5.76 Å². The van der Waals surface area contributed by atoms with E-state index < -0.39 is 0 Å². The first-order valence-corrected chi connectivity index (χ1v) is 7.44. The second-order valence-corrected chi connectivity index (χ2v) is 5.36. The standard InChI is InChI=1S/C15H25N3O2/c1-3-13(4-6-16)17-7-9-18(10-8-17)15(19)14-5-11-20-12(14)2/h5,11,13H,3-4,6-10,16H2,1-2H3.